The van der Waals surface area contributed by atoms with Crippen LogP contribution in [0.3, 0.4) is 0 Å². The van der Waals surface area contributed by atoms with Gasteiger partial charge in [-0.3, -0.25) is 15.0 Å². The number of carbonyl (C=O) groups excluding carboxylic acids is 2. The van der Waals surface area contributed by atoms with Gasteiger partial charge in [0.15, 0.2) is 0 Å². The van der Waals surface area contributed by atoms with Crippen LogP contribution in [0.25, 0.3) is 11.0 Å². The zero-order valence-electron chi connectivity index (χ0n) is 14.4. The number of rotatable bonds is 3. The van der Waals surface area contributed by atoms with Crippen molar-refractivity contribution in [2.75, 3.05) is 13.1 Å². The molecule has 0 saturated carbocycles. The lowest BCUT2D eigenvalue weighted by molar-refractivity contribution is -0.138. The Morgan fingerprint density at radius 3 is 2.65 bits per heavy atom. The summed E-state index contributed by atoms with van der Waals surface area (Å²) in [6, 6.07) is 7.34. The molecule has 2 N–H and O–H groups in total. The van der Waals surface area contributed by atoms with Crippen LogP contribution >= 0.6 is 0 Å². The molecule has 136 valence electrons. The summed E-state index contributed by atoms with van der Waals surface area (Å²) in [5, 5.41) is 0. The highest BCUT2D eigenvalue weighted by Crippen LogP contribution is 2.20. The van der Waals surface area contributed by atoms with Gasteiger partial charge in [-0.25, -0.2) is 15.4 Å². The van der Waals surface area contributed by atoms with Gasteiger partial charge in [-0.05, 0) is 18.6 Å². The molecule has 0 aliphatic carbocycles. The highest BCUT2D eigenvalue weighted by atomic mass is 16.5. The van der Waals surface area contributed by atoms with Crippen LogP contribution in [0.1, 0.15) is 25.7 Å². The molecular weight excluding hydrogens is 334 g/mol. The predicted octanol–water partition coefficient (Wildman–Crippen LogP) is 0.783. The van der Waals surface area contributed by atoms with Gasteiger partial charge in [-0.15, -0.1) is 0 Å². The van der Waals surface area contributed by atoms with Crippen LogP contribution < -0.4 is 15.6 Å². The van der Waals surface area contributed by atoms with E-state index in [0.29, 0.717) is 31.8 Å². The average molecular weight is 355 g/mol. The standard InChI is InChI=1S/C18H21N5O3/c24-16-6-5-15(21-22-16)18(25)23-9-7-12(8-10-23)26-17-11-19-13-3-1-2-4-14(13)20-17/h1-4,11-12,15,21H,5-10H2,(H,22,24). The highest BCUT2D eigenvalue weighted by molar-refractivity contribution is 5.85. The fraction of sp³-hybridized carbons (Fsp3) is 0.444. The van der Waals surface area contributed by atoms with Crippen LogP contribution in [-0.4, -0.2) is 51.9 Å². The molecule has 3 heterocycles. The summed E-state index contributed by atoms with van der Waals surface area (Å²) in [4.78, 5) is 34.4. The van der Waals surface area contributed by atoms with E-state index >= 15 is 0 Å². The Hall–Kier alpha value is -2.74. The van der Waals surface area contributed by atoms with E-state index in [9.17, 15) is 9.59 Å². The molecular formula is C18H21N5O3. The molecule has 0 spiro atoms. The van der Waals surface area contributed by atoms with Crippen molar-refractivity contribution in [1.82, 2.24) is 25.7 Å². The van der Waals surface area contributed by atoms with Crippen molar-refractivity contribution in [3.63, 3.8) is 0 Å². The fourth-order valence-corrected chi connectivity index (χ4v) is 3.35. The van der Waals surface area contributed by atoms with Crippen LogP contribution in [0.5, 0.6) is 5.88 Å². The maximum absolute atomic E-state index is 12.5. The summed E-state index contributed by atoms with van der Waals surface area (Å²) in [7, 11) is 0. The lowest BCUT2D eigenvalue weighted by atomic mass is 10.0. The molecule has 1 aromatic heterocycles. The number of hydrazine groups is 1. The summed E-state index contributed by atoms with van der Waals surface area (Å²) in [6.45, 7) is 1.27. The molecule has 2 aliphatic heterocycles. The quantitative estimate of drug-likeness (QED) is 0.845. The third-order valence-electron chi connectivity index (χ3n) is 4.81. The summed E-state index contributed by atoms with van der Waals surface area (Å²) in [5.41, 5.74) is 6.97. The Kier molecular flexibility index (Phi) is 4.66. The largest absolute Gasteiger partial charge is 0.473 e. The first-order valence-electron chi connectivity index (χ1n) is 8.90. The Morgan fingerprint density at radius 1 is 1.15 bits per heavy atom. The third-order valence-corrected chi connectivity index (χ3v) is 4.81. The molecule has 2 saturated heterocycles. The molecule has 2 aliphatic rings. The average Bonchev–Trinajstić information content (AvgIpc) is 2.68. The van der Waals surface area contributed by atoms with E-state index in [-0.39, 0.29) is 24.0 Å². The van der Waals surface area contributed by atoms with Crippen molar-refractivity contribution < 1.29 is 14.3 Å². The molecule has 1 atom stereocenters. The Labute approximate surface area is 150 Å². The number of nitrogens with zero attached hydrogens (tertiary/aromatic N) is 3. The van der Waals surface area contributed by atoms with Gasteiger partial charge in [-0.1, -0.05) is 12.1 Å². The molecule has 8 heteroatoms. The zero-order chi connectivity index (χ0) is 17.9. The molecule has 2 amide bonds. The van der Waals surface area contributed by atoms with Crippen molar-refractivity contribution in [3.05, 3.63) is 30.5 Å². The van der Waals surface area contributed by atoms with E-state index in [0.717, 1.165) is 23.9 Å². The molecule has 2 fully saturated rings. The summed E-state index contributed by atoms with van der Waals surface area (Å²) < 4.78 is 5.97. The zero-order valence-corrected chi connectivity index (χ0v) is 14.4. The number of amides is 2. The number of ether oxygens (including phenoxy) is 1. The maximum Gasteiger partial charge on any atom is 0.241 e. The second kappa shape index (κ2) is 7.25. The number of piperidine rings is 1. The topological polar surface area (TPSA) is 96.5 Å². The monoisotopic (exact) mass is 355 g/mol. The van der Waals surface area contributed by atoms with Crippen LogP contribution in [0.4, 0.5) is 0 Å². The predicted molar refractivity (Wildman–Crippen MR) is 94.1 cm³/mol. The molecule has 4 rings (SSSR count). The molecule has 1 unspecified atom stereocenters. The maximum atomic E-state index is 12.5. The molecule has 0 radical (unpaired) electrons. The van der Waals surface area contributed by atoms with Crippen LogP contribution in [0.15, 0.2) is 30.5 Å². The fourth-order valence-electron chi connectivity index (χ4n) is 3.35. The van der Waals surface area contributed by atoms with Crippen molar-refractivity contribution in [2.24, 2.45) is 0 Å². The van der Waals surface area contributed by atoms with E-state index in [2.05, 4.69) is 20.8 Å². The van der Waals surface area contributed by atoms with E-state index in [1.165, 1.54) is 0 Å². The third kappa shape index (κ3) is 3.60. The van der Waals surface area contributed by atoms with Crippen LogP contribution in [0.2, 0.25) is 0 Å². The number of hydrogen-bond acceptors (Lipinski definition) is 6. The second-order valence-corrected chi connectivity index (χ2v) is 6.62. The summed E-state index contributed by atoms with van der Waals surface area (Å²) >= 11 is 0. The second-order valence-electron chi connectivity index (χ2n) is 6.62. The van der Waals surface area contributed by atoms with E-state index in [1.807, 2.05) is 29.2 Å². The first-order chi connectivity index (χ1) is 12.7. The first-order valence-corrected chi connectivity index (χ1v) is 8.90. The summed E-state index contributed by atoms with van der Waals surface area (Å²) in [5.74, 6) is 0.483. The number of hydrogen-bond donors (Lipinski definition) is 2. The van der Waals surface area contributed by atoms with E-state index in [4.69, 9.17) is 4.74 Å². The van der Waals surface area contributed by atoms with Gasteiger partial charge in [0.1, 0.15) is 12.1 Å². The van der Waals surface area contributed by atoms with Gasteiger partial charge in [0.2, 0.25) is 17.7 Å². The van der Waals surface area contributed by atoms with Gasteiger partial charge in [0.05, 0.1) is 17.2 Å². The van der Waals surface area contributed by atoms with Crippen molar-refractivity contribution in [1.29, 1.82) is 0 Å². The molecule has 26 heavy (non-hydrogen) atoms. The molecule has 1 aromatic carbocycles. The highest BCUT2D eigenvalue weighted by Gasteiger charge is 2.31. The minimum atomic E-state index is -0.337. The number of benzene rings is 1. The lowest BCUT2D eigenvalue weighted by Gasteiger charge is -2.35. The Balaban J connectivity index is 1.31. The van der Waals surface area contributed by atoms with Gasteiger partial charge in [-0.2, -0.15) is 0 Å². The molecule has 0 bridgehead atoms. The Morgan fingerprint density at radius 2 is 1.92 bits per heavy atom. The van der Waals surface area contributed by atoms with Crippen molar-refractivity contribution in [3.8, 4) is 5.88 Å². The van der Waals surface area contributed by atoms with Crippen molar-refractivity contribution >= 4 is 22.8 Å². The van der Waals surface area contributed by atoms with Crippen LogP contribution in [-0.2, 0) is 9.59 Å². The van der Waals surface area contributed by atoms with Gasteiger partial charge in [0, 0.05) is 32.4 Å². The first kappa shape index (κ1) is 16.7. The number of nitrogens with one attached hydrogen (secondary N) is 2. The van der Waals surface area contributed by atoms with Crippen molar-refractivity contribution in [2.45, 2.75) is 37.8 Å². The molecule has 2 aromatic rings. The number of para-hydroxylation sites is 2. The Bertz CT molecular complexity index is 809. The minimum absolute atomic E-state index is 0.0218. The van der Waals surface area contributed by atoms with Gasteiger partial charge >= 0.3 is 0 Å². The van der Waals surface area contributed by atoms with E-state index < -0.39 is 0 Å². The van der Waals surface area contributed by atoms with Crippen LogP contribution in [0, 0.1) is 0 Å². The normalized spacial score (nSPS) is 21.5. The smallest absolute Gasteiger partial charge is 0.241 e. The summed E-state index contributed by atoms with van der Waals surface area (Å²) in [6.07, 6.45) is 4.08. The molecule has 8 nitrogen and oxygen atoms in total. The minimum Gasteiger partial charge on any atom is -0.473 e. The number of fused-ring (bicyclic) bond motifs is 1. The SMILES string of the molecule is O=C1CCC(C(=O)N2CCC(Oc3cnc4ccccc4n3)CC2)NN1. The van der Waals surface area contributed by atoms with Gasteiger partial charge < -0.3 is 9.64 Å². The van der Waals surface area contributed by atoms with Gasteiger partial charge in [0.25, 0.3) is 0 Å². The number of aromatic nitrogens is 2. The number of likely N-dealkylation sites (tertiary alicyclic amines) is 1. The van der Waals surface area contributed by atoms with E-state index in [1.54, 1.807) is 6.20 Å². The number of carbonyl (C=O) groups is 2. The lowest BCUT2D eigenvalue weighted by Crippen LogP contribution is -2.57.